The second kappa shape index (κ2) is 5.25. The summed E-state index contributed by atoms with van der Waals surface area (Å²) in [5.41, 5.74) is 6.67. The van der Waals surface area contributed by atoms with E-state index in [0.29, 0.717) is 27.3 Å². The van der Waals surface area contributed by atoms with Crippen molar-refractivity contribution >= 4 is 33.2 Å². The fourth-order valence-corrected chi connectivity index (χ4v) is 2.37. The van der Waals surface area contributed by atoms with Crippen LogP contribution in [0, 0.1) is 5.82 Å². The molecule has 21 heavy (non-hydrogen) atoms. The number of hydrogen-bond donors (Lipinski definition) is 2. The van der Waals surface area contributed by atoms with Gasteiger partial charge in [-0.05, 0) is 12.1 Å². The molecule has 1 aliphatic heterocycles. The molecule has 0 radical (unpaired) electrons. The molecule has 0 saturated carbocycles. The van der Waals surface area contributed by atoms with Gasteiger partial charge in [0.05, 0.1) is 11.4 Å². The molecule has 1 aliphatic rings. The number of benzene rings is 2. The van der Waals surface area contributed by atoms with Crippen molar-refractivity contribution in [3.63, 3.8) is 0 Å². The summed E-state index contributed by atoms with van der Waals surface area (Å²) in [6.07, 6.45) is 0. The number of rotatable bonds is 2. The fraction of sp³-hybridized carbons (Fsp3) is 0.0714. The molecule has 0 atom stereocenters. The zero-order chi connectivity index (χ0) is 15.0. The van der Waals surface area contributed by atoms with Crippen LogP contribution in [0.4, 0.5) is 15.8 Å². The minimum absolute atomic E-state index is 0.0521. The van der Waals surface area contributed by atoms with Crippen LogP contribution in [0.2, 0.25) is 0 Å². The first-order valence-corrected chi connectivity index (χ1v) is 6.81. The van der Waals surface area contributed by atoms with E-state index in [-0.39, 0.29) is 18.3 Å². The van der Waals surface area contributed by atoms with E-state index in [1.165, 1.54) is 12.1 Å². The third-order valence-electron chi connectivity index (χ3n) is 2.81. The lowest BCUT2D eigenvalue weighted by molar-refractivity contribution is -0.118. The monoisotopic (exact) mass is 352 g/mol. The first kappa shape index (κ1) is 13.7. The van der Waals surface area contributed by atoms with Crippen molar-refractivity contribution in [2.75, 3.05) is 17.7 Å². The fourth-order valence-electron chi connectivity index (χ4n) is 1.93. The molecule has 2 aromatic rings. The predicted molar refractivity (Wildman–Crippen MR) is 79.2 cm³/mol. The highest BCUT2D eigenvalue weighted by Gasteiger charge is 2.18. The molecule has 0 saturated heterocycles. The van der Waals surface area contributed by atoms with Gasteiger partial charge in [0.15, 0.2) is 12.4 Å². The van der Waals surface area contributed by atoms with Gasteiger partial charge < -0.3 is 20.5 Å². The maximum atomic E-state index is 13.3. The van der Waals surface area contributed by atoms with Crippen LogP contribution in [-0.2, 0) is 4.79 Å². The molecule has 3 N–H and O–H groups in total. The number of ether oxygens (including phenoxy) is 2. The topological polar surface area (TPSA) is 73.6 Å². The van der Waals surface area contributed by atoms with E-state index in [2.05, 4.69) is 21.2 Å². The highest BCUT2D eigenvalue weighted by molar-refractivity contribution is 9.10. The first-order valence-electron chi connectivity index (χ1n) is 6.01. The zero-order valence-corrected chi connectivity index (χ0v) is 12.2. The maximum Gasteiger partial charge on any atom is 0.262 e. The van der Waals surface area contributed by atoms with E-state index >= 15 is 0 Å². The summed E-state index contributed by atoms with van der Waals surface area (Å²) >= 11 is 3.18. The van der Waals surface area contributed by atoms with Crippen molar-refractivity contribution in [3.05, 3.63) is 40.6 Å². The van der Waals surface area contributed by atoms with Gasteiger partial charge in [-0.3, -0.25) is 4.79 Å². The van der Waals surface area contributed by atoms with Gasteiger partial charge in [0.1, 0.15) is 17.3 Å². The van der Waals surface area contributed by atoms with Crippen molar-refractivity contribution < 1.29 is 18.7 Å². The normalized spacial score (nSPS) is 13.1. The molecule has 3 rings (SSSR count). The summed E-state index contributed by atoms with van der Waals surface area (Å²) < 4.78 is 24.7. The predicted octanol–water partition coefficient (Wildman–Crippen LogP) is 3.29. The SMILES string of the molecule is Nc1cc2c(cc1Oc1cc(F)cc(Br)c1)NC(=O)CO2. The average Bonchev–Trinajstić information content (AvgIpc) is 2.39. The van der Waals surface area contributed by atoms with Crippen LogP contribution in [-0.4, -0.2) is 12.5 Å². The summed E-state index contributed by atoms with van der Waals surface area (Å²) in [4.78, 5) is 11.3. The van der Waals surface area contributed by atoms with Crippen LogP contribution in [0.5, 0.6) is 17.2 Å². The van der Waals surface area contributed by atoms with Gasteiger partial charge >= 0.3 is 0 Å². The Morgan fingerprint density at radius 2 is 2.10 bits per heavy atom. The maximum absolute atomic E-state index is 13.3. The second-order valence-corrected chi connectivity index (χ2v) is 5.35. The first-order chi connectivity index (χ1) is 10.0. The van der Waals surface area contributed by atoms with Crippen molar-refractivity contribution in [1.82, 2.24) is 0 Å². The van der Waals surface area contributed by atoms with E-state index in [4.69, 9.17) is 15.2 Å². The van der Waals surface area contributed by atoms with Gasteiger partial charge in [0, 0.05) is 22.7 Å². The second-order valence-electron chi connectivity index (χ2n) is 4.43. The number of nitrogens with two attached hydrogens (primary N) is 1. The Balaban J connectivity index is 1.95. The molecular weight excluding hydrogens is 343 g/mol. The molecule has 7 heteroatoms. The summed E-state index contributed by atoms with van der Waals surface area (Å²) in [6.45, 7) is -0.0521. The molecule has 1 amide bonds. The lowest BCUT2D eigenvalue weighted by Gasteiger charge is -2.20. The minimum atomic E-state index is -0.437. The molecule has 0 fully saturated rings. The van der Waals surface area contributed by atoms with Gasteiger partial charge in [0.25, 0.3) is 5.91 Å². The van der Waals surface area contributed by atoms with Crippen molar-refractivity contribution in [2.45, 2.75) is 0 Å². The number of nitrogens with one attached hydrogen (secondary N) is 1. The number of hydrogen-bond acceptors (Lipinski definition) is 4. The Morgan fingerprint density at radius 1 is 1.29 bits per heavy atom. The molecule has 5 nitrogen and oxygen atoms in total. The Hall–Kier alpha value is -2.28. The number of carbonyl (C=O) groups is 1. The summed E-state index contributed by atoms with van der Waals surface area (Å²) in [5.74, 6) is 0.368. The number of fused-ring (bicyclic) bond motifs is 1. The molecule has 0 bridgehead atoms. The van der Waals surface area contributed by atoms with Gasteiger partial charge in [-0.15, -0.1) is 0 Å². The van der Waals surface area contributed by atoms with Gasteiger partial charge in [0.2, 0.25) is 0 Å². The van der Waals surface area contributed by atoms with Gasteiger partial charge in [-0.25, -0.2) is 4.39 Å². The molecule has 0 unspecified atom stereocenters. The van der Waals surface area contributed by atoms with Crippen molar-refractivity contribution in [1.29, 1.82) is 0 Å². The standard InChI is InChI=1S/C14H10BrFN2O3/c15-7-1-8(16)3-9(2-7)21-12-5-11-13(4-10(12)17)20-6-14(19)18-11/h1-5H,6,17H2,(H,18,19). The molecule has 0 aliphatic carbocycles. The van der Waals surface area contributed by atoms with E-state index in [9.17, 15) is 9.18 Å². The lowest BCUT2D eigenvalue weighted by Crippen LogP contribution is -2.25. The summed E-state index contributed by atoms with van der Waals surface area (Å²) in [6, 6.07) is 7.26. The highest BCUT2D eigenvalue weighted by Crippen LogP contribution is 2.38. The number of anilines is 2. The summed E-state index contributed by atoms with van der Waals surface area (Å²) in [5, 5.41) is 2.65. The quantitative estimate of drug-likeness (QED) is 0.813. The smallest absolute Gasteiger partial charge is 0.262 e. The Bertz CT molecular complexity index is 716. The van der Waals surface area contributed by atoms with E-state index < -0.39 is 5.82 Å². The van der Waals surface area contributed by atoms with Crippen LogP contribution in [0.25, 0.3) is 0 Å². The Morgan fingerprint density at radius 3 is 2.86 bits per heavy atom. The van der Waals surface area contributed by atoms with E-state index in [1.54, 1.807) is 18.2 Å². The molecule has 1 heterocycles. The van der Waals surface area contributed by atoms with Crippen LogP contribution in [0.3, 0.4) is 0 Å². The van der Waals surface area contributed by atoms with Gasteiger partial charge in [-0.2, -0.15) is 0 Å². The number of nitrogen functional groups attached to an aromatic ring is 1. The minimum Gasteiger partial charge on any atom is -0.481 e. The van der Waals surface area contributed by atoms with Crippen LogP contribution in [0.1, 0.15) is 0 Å². The molecule has 108 valence electrons. The molecule has 0 aromatic heterocycles. The number of carbonyl (C=O) groups excluding carboxylic acids is 1. The Kier molecular flexibility index (Phi) is 3.42. The van der Waals surface area contributed by atoms with Gasteiger partial charge in [-0.1, -0.05) is 15.9 Å². The summed E-state index contributed by atoms with van der Waals surface area (Å²) in [7, 11) is 0. The average molecular weight is 353 g/mol. The van der Waals surface area contributed by atoms with Crippen LogP contribution < -0.4 is 20.5 Å². The third kappa shape index (κ3) is 2.92. The van der Waals surface area contributed by atoms with Crippen molar-refractivity contribution in [2.24, 2.45) is 0 Å². The Labute approximate surface area is 128 Å². The van der Waals surface area contributed by atoms with Crippen LogP contribution >= 0.6 is 15.9 Å². The van der Waals surface area contributed by atoms with E-state index in [1.807, 2.05) is 0 Å². The lowest BCUT2D eigenvalue weighted by atomic mass is 10.2. The van der Waals surface area contributed by atoms with Crippen LogP contribution in [0.15, 0.2) is 34.8 Å². The molecule has 0 spiro atoms. The van der Waals surface area contributed by atoms with Crippen molar-refractivity contribution in [3.8, 4) is 17.2 Å². The molecule has 2 aromatic carbocycles. The largest absolute Gasteiger partial charge is 0.481 e. The van der Waals surface area contributed by atoms with E-state index in [0.717, 1.165) is 0 Å². The number of halogens is 2. The highest BCUT2D eigenvalue weighted by atomic mass is 79.9. The third-order valence-corrected chi connectivity index (χ3v) is 3.27. The zero-order valence-electron chi connectivity index (χ0n) is 10.7. The molecular formula is C14H10BrFN2O3. The number of amides is 1.